The third kappa shape index (κ3) is 2.42. The van der Waals surface area contributed by atoms with E-state index in [1.807, 2.05) is 6.07 Å². The molecule has 0 saturated heterocycles. The first kappa shape index (κ1) is 15.8. The molecule has 3 aliphatic carbocycles. The molecule has 1 amide bonds. The largest absolute Gasteiger partial charge is 0.349 e. The van der Waals surface area contributed by atoms with Gasteiger partial charge in [0, 0.05) is 6.04 Å². The smallest absolute Gasteiger partial charge is 0.225 e. The molecule has 2 saturated carbocycles. The van der Waals surface area contributed by atoms with Crippen LogP contribution in [0.1, 0.15) is 42.9 Å². The van der Waals surface area contributed by atoms with E-state index < -0.39 is 0 Å². The van der Waals surface area contributed by atoms with E-state index >= 15 is 0 Å². The summed E-state index contributed by atoms with van der Waals surface area (Å²) in [6.45, 7) is 0. The number of rotatable bonds is 2. The number of fused-ring (bicyclic) bond motifs is 3. The Hall–Kier alpha value is -1.13. The standard InChI is InChI=1S/C17H21FN2O.ClH/c18-12-4-5-13-9(8-12)3-6-14(13)20-17(21)15-10-1-2-11(7-10)16(15)19;/h4-5,8,10-11,14-16H,1-3,6-7,19H2,(H,20,21);1H. The molecule has 3 N–H and O–H groups in total. The Kier molecular flexibility index (Phi) is 4.17. The molecule has 120 valence electrons. The molecular weight excluding hydrogens is 303 g/mol. The average Bonchev–Trinajstić information content (AvgIpc) is 3.13. The van der Waals surface area contributed by atoms with Crippen LogP contribution in [0.25, 0.3) is 0 Å². The van der Waals surface area contributed by atoms with Crippen LogP contribution in [0.5, 0.6) is 0 Å². The van der Waals surface area contributed by atoms with Crippen LogP contribution in [0, 0.1) is 23.6 Å². The highest BCUT2D eigenvalue weighted by Crippen LogP contribution is 2.48. The summed E-state index contributed by atoms with van der Waals surface area (Å²) in [5, 5.41) is 3.17. The summed E-state index contributed by atoms with van der Waals surface area (Å²) >= 11 is 0. The van der Waals surface area contributed by atoms with Crippen molar-refractivity contribution in [3.8, 4) is 0 Å². The van der Waals surface area contributed by atoms with Gasteiger partial charge in [-0.15, -0.1) is 12.4 Å². The van der Waals surface area contributed by atoms with E-state index in [1.54, 1.807) is 6.07 Å². The van der Waals surface area contributed by atoms with Crippen LogP contribution in [0.3, 0.4) is 0 Å². The zero-order valence-corrected chi connectivity index (χ0v) is 13.2. The minimum absolute atomic E-state index is 0. The summed E-state index contributed by atoms with van der Waals surface area (Å²) in [4.78, 5) is 12.6. The fourth-order valence-corrected chi connectivity index (χ4v) is 4.73. The second kappa shape index (κ2) is 5.82. The summed E-state index contributed by atoms with van der Waals surface area (Å²) in [6.07, 6.45) is 5.14. The Labute approximate surface area is 136 Å². The predicted octanol–water partition coefficient (Wildman–Crippen LogP) is 2.72. The van der Waals surface area contributed by atoms with Crippen molar-refractivity contribution in [1.29, 1.82) is 0 Å². The molecule has 1 aromatic carbocycles. The Morgan fingerprint density at radius 1 is 1.23 bits per heavy atom. The molecule has 2 fully saturated rings. The molecule has 0 spiro atoms. The number of hydrogen-bond acceptors (Lipinski definition) is 2. The summed E-state index contributed by atoms with van der Waals surface area (Å²) < 4.78 is 13.2. The number of hydrogen-bond donors (Lipinski definition) is 2. The predicted molar refractivity (Wildman–Crippen MR) is 85.1 cm³/mol. The van der Waals surface area contributed by atoms with E-state index in [4.69, 9.17) is 5.73 Å². The summed E-state index contributed by atoms with van der Waals surface area (Å²) in [6, 6.07) is 4.93. The van der Waals surface area contributed by atoms with Gasteiger partial charge in [0.05, 0.1) is 12.0 Å². The molecule has 0 aliphatic heterocycles. The monoisotopic (exact) mass is 324 g/mol. The van der Waals surface area contributed by atoms with Gasteiger partial charge in [-0.3, -0.25) is 4.79 Å². The zero-order chi connectivity index (χ0) is 14.6. The molecule has 22 heavy (non-hydrogen) atoms. The Balaban J connectivity index is 0.00000144. The first-order valence-electron chi connectivity index (χ1n) is 7.98. The van der Waals surface area contributed by atoms with Gasteiger partial charge in [0.2, 0.25) is 5.91 Å². The highest BCUT2D eigenvalue weighted by molar-refractivity contribution is 5.85. The number of halogens is 2. The van der Waals surface area contributed by atoms with Crippen LogP contribution < -0.4 is 11.1 Å². The van der Waals surface area contributed by atoms with Crippen molar-refractivity contribution in [2.24, 2.45) is 23.5 Å². The summed E-state index contributed by atoms with van der Waals surface area (Å²) in [7, 11) is 0. The lowest BCUT2D eigenvalue weighted by molar-refractivity contribution is -0.127. The zero-order valence-electron chi connectivity index (χ0n) is 12.4. The molecule has 0 heterocycles. The average molecular weight is 325 g/mol. The lowest BCUT2D eigenvalue weighted by Crippen LogP contribution is -2.45. The third-order valence-corrected chi connectivity index (χ3v) is 5.78. The van der Waals surface area contributed by atoms with E-state index in [-0.39, 0.29) is 42.1 Å². The summed E-state index contributed by atoms with van der Waals surface area (Å²) in [5.74, 6) is 0.899. The topological polar surface area (TPSA) is 55.1 Å². The van der Waals surface area contributed by atoms with Gasteiger partial charge in [-0.25, -0.2) is 4.39 Å². The molecule has 0 radical (unpaired) electrons. The van der Waals surface area contributed by atoms with Crippen molar-refractivity contribution in [3.63, 3.8) is 0 Å². The van der Waals surface area contributed by atoms with Crippen LogP contribution >= 0.6 is 12.4 Å². The van der Waals surface area contributed by atoms with Crippen LogP contribution in [-0.4, -0.2) is 11.9 Å². The normalized spacial score (nSPS) is 35.1. The van der Waals surface area contributed by atoms with Crippen molar-refractivity contribution in [2.45, 2.75) is 44.2 Å². The molecule has 5 atom stereocenters. The fraction of sp³-hybridized carbons (Fsp3) is 0.588. The number of nitrogens with two attached hydrogens (primary N) is 1. The Morgan fingerprint density at radius 2 is 2.00 bits per heavy atom. The maximum atomic E-state index is 13.2. The van der Waals surface area contributed by atoms with Gasteiger partial charge >= 0.3 is 0 Å². The maximum Gasteiger partial charge on any atom is 0.225 e. The number of benzene rings is 1. The lowest BCUT2D eigenvalue weighted by atomic mass is 9.84. The molecule has 1 aromatic rings. The first-order chi connectivity index (χ1) is 10.1. The van der Waals surface area contributed by atoms with E-state index in [2.05, 4.69) is 5.32 Å². The van der Waals surface area contributed by atoms with Crippen molar-refractivity contribution >= 4 is 18.3 Å². The van der Waals surface area contributed by atoms with Crippen molar-refractivity contribution in [2.75, 3.05) is 0 Å². The van der Waals surface area contributed by atoms with Crippen LogP contribution in [-0.2, 0) is 11.2 Å². The maximum absolute atomic E-state index is 13.2. The molecular formula is C17H22ClFN2O. The Bertz CT molecular complexity index is 592. The summed E-state index contributed by atoms with van der Waals surface area (Å²) in [5.41, 5.74) is 8.34. The van der Waals surface area contributed by atoms with Gasteiger partial charge in [-0.1, -0.05) is 6.07 Å². The number of carbonyl (C=O) groups is 1. The minimum atomic E-state index is -0.198. The minimum Gasteiger partial charge on any atom is -0.349 e. The molecule has 4 rings (SSSR count). The molecule has 0 aromatic heterocycles. The lowest BCUT2D eigenvalue weighted by Gasteiger charge is -2.28. The van der Waals surface area contributed by atoms with E-state index in [1.165, 1.54) is 12.5 Å². The van der Waals surface area contributed by atoms with Gasteiger partial charge in [-0.2, -0.15) is 0 Å². The van der Waals surface area contributed by atoms with Gasteiger partial charge in [0.1, 0.15) is 5.82 Å². The van der Waals surface area contributed by atoms with Gasteiger partial charge in [0.25, 0.3) is 0 Å². The van der Waals surface area contributed by atoms with Crippen molar-refractivity contribution in [3.05, 3.63) is 35.1 Å². The highest BCUT2D eigenvalue weighted by Gasteiger charge is 2.49. The second-order valence-electron chi connectivity index (χ2n) is 6.88. The number of amides is 1. The molecule has 5 unspecified atom stereocenters. The molecule has 5 heteroatoms. The Morgan fingerprint density at radius 3 is 2.73 bits per heavy atom. The van der Waals surface area contributed by atoms with Crippen LogP contribution in [0.2, 0.25) is 0 Å². The molecule has 3 nitrogen and oxygen atoms in total. The van der Waals surface area contributed by atoms with Crippen LogP contribution in [0.4, 0.5) is 4.39 Å². The number of nitrogens with one attached hydrogen (secondary N) is 1. The van der Waals surface area contributed by atoms with Crippen LogP contribution in [0.15, 0.2) is 18.2 Å². The quantitative estimate of drug-likeness (QED) is 0.879. The SMILES string of the molecule is Cl.NC1C2CCC(C2)C1C(=O)NC1CCc2cc(F)ccc21. The van der Waals surface area contributed by atoms with Gasteiger partial charge in [0.15, 0.2) is 0 Å². The van der Waals surface area contributed by atoms with Gasteiger partial charge < -0.3 is 11.1 Å². The second-order valence-corrected chi connectivity index (χ2v) is 6.88. The van der Waals surface area contributed by atoms with E-state index in [9.17, 15) is 9.18 Å². The van der Waals surface area contributed by atoms with Crippen molar-refractivity contribution < 1.29 is 9.18 Å². The van der Waals surface area contributed by atoms with Gasteiger partial charge in [-0.05, 0) is 67.2 Å². The van der Waals surface area contributed by atoms with E-state index in [0.717, 1.165) is 36.8 Å². The molecule has 2 bridgehead atoms. The van der Waals surface area contributed by atoms with Crippen molar-refractivity contribution in [1.82, 2.24) is 5.32 Å². The number of carbonyl (C=O) groups excluding carboxylic acids is 1. The fourth-order valence-electron chi connectivity index (χ4n) is 4.73. The van der Waals surface area contributed by atoms with E-state index in [0.29, 0.717) is 11.8 Å². The molecule has 3 aliphatic rings. The first-order valence-corrected chi connectivity index (χ1v) is 7.98. The number of aryl methyl sites for hydroxylation is 1. The third-order valence-electron chi connectivity index (χ3n) is 5.78. The highest BCUT2D eigenvalue weighted by atomic mass is 35.5.